The number of hydrogen-bond acceptors (Lipinski definition) is 4. The SMILES string of the molecule is Cl.NC(CCO)c1ccc(N2CCN(Cc3ccccc3)CC2)cc1. The van der Waals surface area contributed by atoms with Crippen LogP contribution in [0.5, 0.6) is 0 Å². The van der Waals surface area contributed by atoms with Crippen LogP contribution in [0, 0.1) is 0 Å². The second kappa shape index (κ2) is 9.78. The summed E-state index contributed by atoms with van der Waals surface area (Å²) in [6.45, 7) is 5.43. The van der Waals surface area contributed by atoms with Crippen molar-refractivity contribution in [3.63, 3.8) is 0 Å². The van der Waals surface area contributed by atoms with Crippen LogP contribution in [-0.4, -0.2) is 42.8 Å². The largest absolute Gasteiger partial charge is 0.396 e. The number of piperazine rings is 1. The lowest BCUT2D eigenvalue weighted by molar-refractivity contribution is 0.250. The number of halogens is 1. The van der Waals surface area contributed by atoms with E-state index in [4.69, 9.17) is 10.8 Å². The minimum absolute atomic E-state index is 0. The third-order valence-electron chi connectivity index (χ3n) is 4.75. The number of hydrogen-bond donors (Lipinski definition) is 2. The van der Waals surface area contributed by atoms with Gasteiger partial charge in [-0.2, -0.15) is 0 Å². The molecule has 2 aromatic rings. The molecule has 1 aliphatic heterocycles. The van der Waals surface area contributed by atoms with Crippen molar-refractivity contribution in [3.8, 4) is 0 Å². The molecule has 25 heavy (non-hydrogen) atoms. The molecule has 1 fully saturated rings. The maximum Gasteiger partial charge on any atom is 0.0449 e. The molecule has 0 bridgehead atoms. The Labute approximate surface area is 156 Å². The predicted molar refractivity (Wildman–Crippen MR) is 106 cm³/mol. The summed E-state index contributed by atoms with van der Waals surface area (Å²) in [5.74, 6) is 0. The van der Waals surface area contributed by atoms with Crippen molar-refractivity contribution in [2.24, 2.45) is 5.73 Å². The fourth-order valence-corrected chi connectivity index (χ4v) is 3.24. The van der Waals surface area contributed by atoms with Gasteiger partial charge < -0.3 is 15.7 Å². The van der Waals surface area contributed by atoms with Gasteiger partial charge >= 0.3 is 0 Å². The van der Waals surface area contributed by atoms with Gasteiger partial charge in [-0.1, -0.05) is 42.5 Å². The number of nitrogens with zero attached hydrogens (tertiary/aromatic N) is 2. The van der Waals surface area contributed by atoms with E-state index < -0.39 is 0 Å². The zero-order valence-electron chi connectivity index (χ0n) is 14.6. The van der Waals surface area contributed by atoms with Crippen molar-refractivity contribution >= 4 is 18.1 Å². The molecule has 1 heterocycles. The Bertz CT molecular complexity index is 613. The quantitative estimate of drug-likeness (QED) is 0.830. The van der Waals surface area contributed by atoms with Gasteiger partial charge in [0.2, 0.25) is 0 Å². The van der Waals surface area contributed by atoms with E-state index in [1.54, 1.807) is 0 Å². The molecule has 136 valence electrons. The Morgan fingerprint density at radius 1 is 0.920 bits per heavy atom. The summed E-state index contributed by atoms with van der Waals surface area (Å²) in [6, 6.07) is 19.1. The van der Waals surface area contributed by atoms with Gasteiger partial charge in [0, 0.05) is 51.1 Å². The van der Waals surface area contributed by atoms with Crippen LogP contribution in [0.4, 0.5) is 5.69 Å². The van der Waals surface area contributed by atoms with Crippen LogP contribution in [0.1, 0.15) is 23.6 Å². The maximum absolute atomic E-state index is 8.99. The minimum Gasteiger partial charge on any atom is -0.396 e. The predicted octanol–water partition coefficient (Wildman–Crippen LogP) is 2.81. The second-order valence-corrected chi connectivity index (χ2v) is 6.46. The summed E-state index contributed by atoms with van der Waals surface area (Å²) in [4.78, 5) is 4.94. The first-order chi connectivity index (χ1) is 11.8. The van der Waals surface area contributed by atoms with Gasteiger partial charge in [0.15, 0.2) is 0 Å². The normalized spacial score (nSPS) is 16.3. The Kier molecular flexibility index (Phi) is 7.72. The van der Waals surface area contributed by atoms with Crippen molar-refractivity contribution in [2.45, 2.75) is 19.0 Å². The molecule has 4 nitrogen and oxygen atoms in total. The highest BCUT2D eigenvalue weighted by atomic mass is 35.5. The number of nitrogens with two attached hydrogens (primary N) is 1. The maximum atomic E-state index is 8.99. The molecule has 0 saturated carbocycles. The van der Waals surface area contributed by atoms with E-state index in [-0.39, 0.29) is 25.1 Å². The number of rotatable bonds is 6. The highest BCUT2D eigenvalue weighted by Crippen LogP contribution is 2.21. The van der Waals surface area contributed by atoms with E-state index in [9.17, 15) is 0 Å². The van der Waals surface area contributed by atoms with Crippen molar-refractivity contribution < 1.29 is 5.11 Å². The zero-order chi connectivity index (χ0) is 16.8. The summed E-state index contributed by atoms with van der Waals surface area (Å²) in [7, 11) is 0. The minimum atomic E-state index is -0.0771. The van der Waals surface area contributed by atoms with Crippen LogP contribution in [-0.2, 0) is 6.54 Å². The average molecular weight is 362 g/mol. The van der Waals surface area contributed by atoms with Gasteiger partial charge in [0.25, 0.3) is 0 Å². The number of benzene rings is 2. The Morgan fingerprint density at radius 2 is 1.56 bits per heavy atom. The molecule has 2 aromatic carbocycles. The summed E-state index contributed by atoms with van der Waals surface area (Å²) >= 11 is 0. The third kappa shape index (κ3) is 5.44. The highest BCUT2D eigenvalue weighted by molar-refractivity contribution is 5.85. The Hall–Kier alpha value is -1.59. The molecular weight excluding hydrogens is 334 g/mol. The molecule has 1 unspecified atom stereocenters. The van der Waals surface area contributed by atoms with Crippen molar-refractivity contribution in [3.05, 3.63) is 65.7 Å². The van der Waals surface area contributed by atoms with E-state index in [0.717, 1.165) is 38.3 Å². The van der Waals surface area contributed by atoms with Crippen molar-refractivity contribution in [1.82, 2.24) is 4.90 Å². The molecule has 0 amide bonds. The van der Waals surface area contributed by atoms with E-state index in [1.165, 1.54) is 11.3 Å². The first kappa shape index (κ1) is 19.7. The van der Waals surface area contributed by atoms with E-state index in [1.807, 2.05) is 0 Å². The van der Waals surface area contributed by atoms with E-state index >= 15 is 0 Å². The topological polar surface area (TPSA) is 52.7 Å². The van der Waals surface area contributed by atoms with Crippen LogP contribution in [0.25, 0.3) is 0 Å². The van der Waals surface area contributed by atoms with E-state index in [2.05, 4.69) is 64.4 Å². The molecule has 1 aliphatic rings. The number of aliphatic hydroxyl groups excluding tert-OH is 1. The second-order valence-electron chi connectivity index (χ2n) is 6.46. The summed E-state index contributed by atoms with van der Waals surface area (Å²) in [6.07, 6.45) is 0.609. The first-order valence-electron chi connectivity index (χ1n) is 8.74. The highest BCUT2D eigenvalue weighted by Gasteiger charge is 2.17. The summed E-state index contributed by atoms with van der Waals surface area (Å²) < 4.78 is 0. The van der Waals surface area contributed by atoms with E-state index in [0.29, 0.717) is 6.42 Å². The Balaban J connectivity index is 0.00000225. The molecule has 0 spiro atoms. The van der Waals surface area contributed by atoms with Gasteiger partial charge in [-0.05, 0) is 29.7 Å². The number of anilines is 1. The zero-order valence-corrected chi connectivity index (χ0v) is 15.4. The molecule has 0 aromatic heterocycles. The lowest BCUT2D eigenvalue weighted by Gasteiger charge is -2.36. The molecule has 0 aliphatic carbocycles. The van der Waals surface area contributed by atoms with Crippen molar-refractivity contribution in [2.75, 3.05) is 37.7 Å². The molecule has 1 saturated heterocycles. The summed E-state index contributed by atoms with van der Waals surface area (Å²) in [5.41, 5.74) is 9.78. The lowest BCUT2D eigenvalue weighted by atomic mass is 10.0. The fraction of sp³-hybridized carbons (Fsp3) is 0.400. The first-order valence-corrected chi connectivity index (χ1v) is 8.74. The lowest BCUT2D eigenvalue weighted by Crippen LogP contribution is -2.45. The van der Waals surface area contributed by atoms with Gasteiger partial charge in [-0.3, -0.25) is 4.90 Å². The van der Waals surface area contributed by atoms with Crippen LogP contribution in [0.2, 0.25) is 0 Å². The molecule has 0 radical (unpaired) electrons. The fourth-order valence-electron chi connectivity index (χ4n) is 3.24. The molecular formula is C20H28ClN3O. The van der Waals surface area contributed by atoms with Crippen LogP contribution in [0.15, 0.2) is 54.6 Å². The Morgan fingerprint density at radius 3 is 2.16 bits per heavy atom. The summed E-state index contributed by atoms with van der Waals surface area (Å²) in [5, 5.41) is 8.99. The van der Waals surface area contributed by atoms with Gasteiger partial charge in [0.1, 0.15) is 0 Å². The average Bonchev–Trinajstić information content (AvgIpc) is 2.64. The molecule has 3 rings (SSSR count). The van der Waals surface area contributed by atoms with Crippen LogP contribution in [0.3, 0.4) is 0 Å². The monoisotopic (exact) mass is 361 g/mol. The van der Waals surface area contributed by atoms with Gasteiger partial charge in [-0.15, -0.1) is 12.4 Å². The molecule has 5 heteroatoms. The molecule has 3 N–H and O–H groups in total. The van der Waals surface area contributed by atoms with Crippen LogP contribution >= 0.6 is 12.4 Å². The van der Waals surface area contributed by atoms with Crippen LogP contribution < -0.4 is 10.6 Å². The third-order valence-corrected chi connectivity index (χ3v) is 4.75. The van der Waals surface area contributed by atoms with Gasteiger partial charge in [-0.25, -0.2) is 0 Å². The molecule has 1 atom stereocenters. The van der Waals surface area contributed by atoms with Gasteiger partial charge in [0.05, 0.1) is 0 Å². The smallest absolute Gasteiger partial charge is 0.0449 e. The standard InChI is InChI=1S/C20H27N3O.ClH/c21-20(10-15-24)18-6-8-19(9-7-18)23-13-11-22(12-14-23)16-17-4-2-1-3-5-17;/h1-9,20,24H,10-16,21H2;1H. The van der Waals surface area contributed by atoms with Crippen molar-refractivity contribution in [1.29, 1.82) is 0 Å². The number of aliphatic hydroxyl groups is 1.